The number of rotatable bonds is 3. The number of halogens is 1. The Morgan fingerprint density at radius 2 is 1.93 bits per heavy atom. The lowest BCUT2D eigenvalue weighted by atomic mass is 10.1. The normalized spacial score (nSPS) is 19.4. The van der Waals surface area contributed by atoms with Gasteiger partial charge >= 0.3 is 0 Å². The van der Waals surface area contributed by atoms with Crippen LogP contribution in [-0.2, 0) is 14.6 Å². The third-order valence-corrected chi connectivity index (χ3v) is 5.83. The zero-order valence-electron chi connectivity index (χ0n) is 13.9. The minimum absolute atomic E-state index is 0.00864. The van der Waals surface area contributed by atoms with Gasteiger partial charge in [-0.25, -0.2) is 12.8 Å². The molecule has 1 amide bonds. The van der Waals surface area contributed by atoms with E-state index in [1.807, 2.05) is 0 Å². The molecular weight excluding hydrogens is 375 g/mol. The van der Waals surface area contributed by atoms with Gasteiger partial charge in [0, 0.05) is 5.56 Å². The van der Waals surface area contributed by atoms with Gasteiger partial charge in [0.2, 0.25) is 6.10 Å². The van der Waals surface area contributed by atoms with Crippen molar-refractivity contribution in [2.45, 2.75) is 11.0 Å². The number of nitrogens with one attached hydrogen (secondary N) is 2. The number of carbonyl (C=O) groups excluding carboxylic acids is 1. The number of hydrogen-bond donors (Lipinski definition) is 2. The van der Waals surface area contributed by atoms with Crippen molar-refractivity contribution in [1.29, 1.82) is 0 Å². The van der Waals surface area contributed by atoms with Gasteiger partial charge in [0.25, 0.3) is 5.91 Å². The molecule has 0 spiro atoms. The Balaban J connectivity index is 1.48. The van der Waals surface area contributed by atoms with E-state index in [2.05, 4.69) is 10.9 Å². The molecule has 0 aliphatic carbocycles. The number of benzene rings is 2. The average molecular weight is 390 g/mol. The average Bonchev–Trinajstić information content (AvgIpc) is 2.66. The van der Waals surface area contributed by atoms with Crippen LogP contribution in [0, 0.1) is 5.82 Å². The van der Waals surface area contributed by atoms with E-state index in [0.717, 1.165) is 12.1 Å². The zero-order valence-corrected chi connectivity index (χ0v) is 14.8. The van der Waals surface area contributed by atoms with E-state index in [1.54, 1.807) is 24.3 Å². The van der Waals surface area contributed by atoms with Crippen LogP contribution in [0.1, 0.15) is 5.56 Å². The topological polar surface area (TPSA) is 93.7 Å². The SMILES string of the molecule is O=C(NNC1=CCS(=O)(=O)c2ccc(F)cc21)[C@@H]1COc2ccccc2O1. The van der Waals surface area contributed by atoms with E-state index >= 15 is 0 Å². The van der Waals surface area contributed by atoms with Crippen LogP contribution in [0.2, 0.25) is 0 Å². The molecule has 7 nitrogen and oxygen atoms in total. The first kappa shape index (κ1) is 17.3. The summed E-state index contributed by atoms with van der Waals surface area (Å²) in [4.78, 5) is 12.4. The molecule has 2 aliphatic heterocycles. The highest BCUT2D eigenvalue weighted by molar-refractivity contribution is 7.91. The molecule has 2 aliphatic rings. The molecule has 2 N–H and O–H groups in total. The molecule has 0 saturated carbocycles. The quantitative estimate of drug-likeness (QED) is 0.608. The second kappa shape index (κ2) is 6.58. The summed E-state index contributed by atoms with van der Waals surface area (Å²) in [5.41, 5.74) is 5.58. The summed E-state index contributed by atoms with van der Waals surface area (Å²) in [6.45, 7) is 0.0309. The van der Waals surface area contributed by atoms with E-state index in [0.29, 0.717) is 17.2 Å². The minimum atomic E-state index is -3.52. The summed E-state index contributed by atoms with van der Waals surface area (Å²) in [5.74, 6) is -0.319. The number of hydrazine groups is 1. The number of hydrogen-bond acceptors (Lipinski definition) is 6. The molecule has 0 bridgehead atoms. The van der Waals surface area contributed by atoms with Crippen molar-refractivity contribution in [2.24, 2.45) is 0 Å². The van der Waals surface area contributed by atoms with Gasteiger partial charge in [0.1, 0.15) is 12.4 Å². The molecule has 1 atom stereocenters. The third kappa shape index (κ3) is 3.33. The minimum Gasteiger partial charge on any atom is -0.485 e. The van der Waals surface area contributed by atoms with E-state index in [9.17, 15) is 17.6 Å². The largest absolute Gasteiger partial charge is 0.485 e. The van der Waals surface area contributed by atoms with Crippen LogP contribution >= 0.6 is 0 Å². The van der Waals surface area contributed by atoms with Crippen molar-refractivity contribution in [3.63, 3.8) is 0 Å². The van der Waals surface area contributed by atoms with Gasteiger partial charge in [-0.3, -0.25) is 15.6 Å². The van der Waals surface area contributed by atoms with Crippen molar-refractivity contribution in [3.05, 3.63) is 59.9 Å². The molecule has 2 aromatic carbocycles. The highest BCUT2D eigenvalue weighted by atomic mass is 32.2. The summed E-state index contributed by atoms with van der Waals surface area (Å²) in [5, 5.41) is 0. The zero-order chi connectivity index (χ0) is 19.0. The van der Waals surface area contributed by atoms with Crippen LogP contribution in [0.5, 0.6) is 11.5 Å². The molecule has 0 fully saturated rings. The second-order valence-electron chi connectivity index (χ2n) is 6.02. The Morgan fingerprint density at radius 1 is 1.15 bits per heavy atom. The standard InChI is InChI=1S/C18H15FN2O5S/c19-11-5-6-17-12(9-11)13(7-8-27(17,23)24)20-21-18(22)16-10-25-14-3-1-2-4-15(14)26-16/h1-7,9,16,20H,8,10H2,(H,21,22)/t16-/m0/s1. The first-order chi connectivity index (χ1) is 12.9. The maximum Gasteiger partial charge on any atom is 0.282 e. The number of amides is 1. The fraction of sp³-hybridized carbons (Fsp3) is 0.167. The number of para-hydroxylation sites is 2. The molecular formula is C18H15FN2O5S. The van der Waals surface area contributed by atoms with Gasteiger partial charge in [0.15, 0.2) is 21.3 Å². The lowest BCUT2D eigenvalue weighted by Crippen LogP contribution is -2.48. The Kier molecular flexibility index (Phi) is 4.23. The highest BCUT2D eigenvalue weighted by Gasteiger charge is 2.29. The van der Waals surface area contributed by atoms with E-state index in [-0.39, 0.29) is 22.8 Å². The predicted molar refractivity (Wildman–Crippen MR) is 94.1 cm³/mol. The summed E-state index contributed by atoms with van der Waals surface area (Å²) < 4.78 is 48.9. The first-order valence-corrected chi connectivity index (χ1v) is 9.76. The Morgan fingerprint density at radius 3 is 2.74 bits per heavy atom. The van der Waals surface area contributed by atoms with Crippen molar-refractivity contribution in [2.75, 3.05) is 12.4 Å². The Labute approximate surface area is 154 Å². The van der Waals surface area contributed by atoms with Crippen LogP contribution < -0.4 is 20.3 Å². The monoisotopic (exact) mass is 390 g/mol. The number of sulfone groups is 1. The number of carbonyl (C=O) groups is 1. The van der Waals surface area contributed by atoms with Crippen LogP contribution in [-0.4, -0.2) is 32.8 Å². The van der Waals surface area contributed by atoms with Crippen LogP contribution in [0.4, 0.5) is 4.39 Å². The van der Waals surface area contributed by atoms with E-state index in [1.165, 1.54) is 12.1 Å². The van der Waals surface area contributed by atoms with E-state index in [4.69, 9.17) is 9.47 Å². The van der Waals surface area contributed by atoms with Gasteiger partial charge in [-0.15, -0.1) is 0 Å². The van der Waals surface area contributed by atoms with Crippen LogP contribution in [0.25, 0.3) is 5.70 Å². The molecule has 2 aromatic rings. The maximum absolute atomic E-state index is 13.6. The highest BCUT2D eigenvalue weighted by Crippen LogP contribution is 2.31. The molecule has 0 saturated heterocycles. The van der Waals surface area contributed by atoms with Gasteiger partial charge in [0.05, 0.1) is 16.3 Å². The van der Waals surface area contributed by atoms with Crippen molar-refractivity contribution < 1.29 is 27.1 Å². The molecule has 0 aromatic heterocycles. The number of ether oxygens (including phenoxy) is 2. The molecule has 4 rings (SSSR count). The molecule has 2 heterocycles. The third-order valence-electron chi connectivity index (χ3n) is 4.20. The van der Waals surface area contributed by atoms with Crippen molar-refractivity contribution in [1.82, 2.24) is 10.9 Å². The smallest absolute Gasteiger partial charge is 0.282 e. The van der Waals surface area contributed by atoms with Gasteiger partial charge < -0.3 is 9.47 Å². The predicted octanol–water partition coefficient (Wildman–Crippen LogP) is 1.41. The van der Waals surface area contributed by atoms with Gasteiger partial charge in [-0.2, -0.15) is 0 Å². The van der Waals surface area contributed by atoms with Crippen LogP contribution in [0.3, 0.4) is 0 Å². The fourth-order valence-electron chi connectivity index (χ4n) is 2.85. The number of fused-ring (bicyclic) bond motifs is 2. The molecule has 27 heavy (non-hydrogen) atoms. The van der Waals surface area contributed by atoms with Crippen molar-refractivity contribution >= 4 is 21.4 Å². The molecule has 9 heteroatoms. The van der Waals surface area contributed by atoms with Gasteiger partial charge in [-0.1, -0.05) is 12.1 Å². The lowest BCUT2D eigenvalue weighted by molar-refractivity contribution is -0.131. The van der Waals surface area contributed by atoms with Gasteiger partial charge in [-0.05, 0) is 36.4 Å². The molecule has 0 unspecified atom stereocenters. The maximum atomic E-state index is 13.6. The van der Waals surface area contributed by atoms with Crippen molar-refractivity contribution in [3.8, 4) is 11.5 Å². The summed E-state index contributed by atoms with van der Waals surface area (Å²) in [7, 11) is -3.52. The fourth-order valence-corrected chi connectivity index (χ4v) is 4.20. The second-order valence-corrected chi connectivity index (χ2v) is 8.02. The molecule has 140 valence electrons. The van der Waals surface area contributed by atoms with E-state index < -0.39 is 27.7 Å². The molecule has 0 radical (unpaired) electrons. The summed E-state index contributed by atoms with van der Waals surface area (Å²) >= 11 is 0. The Bertz CT molecular complexity index is 1050. The summed E-state index contributed by atoms with van der Waals surface area (Å²) in [6, 6.07) is 10.4. The lowest BCUT2D eigenvalue weighted by Gasteiger charge is -2.26. The summed E-state index contributed by atoms with van der Waals surface area (Å²) in [6.07, 6.45) is 0.498. The van der Waals surface area contributed by atoms with Crippen LogP contribution in [0.15, 0.2) is 53.4 Å². The Hall–Kier alpha value is -3.07. The first-order valence-electron chi connectivity index (χ1n) is 8.11.